The van der Waals surface area contributed by atoms with E-state index in [-0.39, 0.29) is 18.2 Å². The topological polar surface area (TPSA) is 66.4 Å². The summed E-state index contributed by atoms with van der Waals surface area (Å²) in [5.74, 6) is -0.861. The number of aliphatic carboxylic acids is 1. The molecule has 5 heteroatoms. The van der Waals surface area contributed by atoms with Crippen molar-refractivity contribution in [2.45, 2.75) is 31.7 Å². The standard InChI is InChI=1S/C16H18ClNO3/c17-13-8-4-3-7-12(13)14(10-16(20)21)18-15(19)9-11-5-1-2-6-11/h1,3-5,7-8,11,14H,2,6,9-10H2,(H,18,19)(H,20,21)/t11-,14-/m0/s1. The lowest BCUT2D eigenvalue weighted by atomic mass is 10.0. The van der Waals surface area contributed by atoms with Crippen molar-refractivity contribution < 1.29 is 14.7 Å². The zero-order chi connectivity index (χ0) is 15.2. The Labute approximate surface area is 128 Å². The molecule has 0 saturated carbocycles. The van der Waals surface area contributed by atoms with Crippen LogP contribution in [0.5, 0.6) is 0 Å². The van der Waals surface area contributed by atoms with Gasteiger partial charge in [-0.3, -0.25) is 9.59 Å². The Kier molecular flexibility index (Phi) is 5.39. The summed E-state index contributed by atoms with van der Waals surface area (Å²) in [6, 6.07) is 6.38. The van der Waals surface area contributed by atoms with Crippen LogP contribution in [0.3, 0.4) is 0 Å². The lowest BCUT2D eigenvalue weighted by molar-refractivity contribution is -0.137. The third kappa shape index (κ3) is 4.60. The summed E-state index contributed by atoms with van der Waals surface area (Å²) >= 11 is 6.10. The predicted octanol–water partition coefficient (Wildman–Crippen LogP) is 3.33. The Morgan fingerprint density at radius 1 is 1.38 bits per heavy atom. The van der Waals surface area contributed by atoms with Crippen molar-refractivity contribution in [1.82, 2.24) is 5.32 Å². The molecule has 1 aliphatic carbocycles. The van der Waals surface area contributed by atoms with Gasteiger partial charge in [0, 0.05) is 11.4 Å². The van der Waals surface area contributed by atoms with Gasteiger partial charge in [0.15, 0.2) is 0 Å². The molecule has 2 rings (SSSR count). The van der Waals surface area contributed by atoms with Crippen LogP contribution in [0.15, 0.2) is 36.4 Å². The molecule has 112 valence electrons. The molecule has 0 aliphatic heterocycles. The van der Waals surface area contributed by atoms with Gasteiger partial charge in [-0.25, -0.2) is 0 Å². The summed E-state index contributed by atoms with van der Waals surface area (Å²) in [4.78, 5) is 23.1. The van der Waals surface area contributed by atoms with Gasteiger partial charge < -0.3 is 10.4 Å². The Bertz CT molecular complexity index is 556. The predicted molar refractivity (Wildman–Crippen MR) is 81.1 cm³/mol. The molecule has 0 unspecified atom stereocenters. The molecule has 1 aliphatic rings. The van der Waals surface area contributed by atoms with E-state index in [1.807, 2.05) is 6.08 Å². The summed E-state index contributed by atoms with van der Waals surface area (Å²) < 4.78 is 0. The third-order valence-electron chi connectivity index (χ3n) is 3.55. The van der Waals surface area contributed by atoms with Gasteiger partial charge in [0.2, 0.25) is 5.91 Å². The lowest BCUT2D eigenvalue weighted by Crippen LogP contribution is -2.31. The number of carboxylic acids is 1. The van der Waals surface area contributed by atoms with Crippen molar-refractivity contribution >= 4 is 23.5 Å². The first-order valence-corrected chi connectivity index (χ1v) is 7.36. The van der Waals surface area contributed by atoms with Crippen LogP contribution in [0.4, 0.5) is 0 Å². The second kappa shape index (κ2) is 7.27. The Morgan fingerprint density at radius 3 is 2.76 bits per heavy atom. The normalized spacial score (nSPS) is 18.4. The number of nitrogens with one attached hydrogen (secondary N) is 1. The molecule has 2 atom stereocenters. The number of benzene rings is 1. The highest BCUT2D eigenvalue weighted by atomic mass is 35.5. The van der Waals surface area contributed by atoms with Crippen molar-refractivity contribution in [3.8, 4) is 0 Å². The van der Waals surface area contributed by atoms with Crippen molar-refractivity contribution in [3.05, 3.63) is 47.0 Å². The molecule has 0 heterocycles. The van der Waals surface area contributed by atoms with E-state index in [0.29, 0.717) is 17.0 Å². The maximum absolute atomic E-state index is 12.1. The zero-order valence-electron chi connectivity index (χ0n) is 11.6. The average molecular weight is 308 g/mol. The number of carboxylic acid groups (broad SMARTS) is 1. The molecule has 1 aromatic rings. The molecule has 0 spiro atoms. The van der Waals surface area contributed by atoms with Crippen LogP contribution in [-0.4, -0.2) is 17.0 Å². The van der Waals surface area contributed by atoms with Crippen LogP contribution < -0.4 is 5.32 Å². The minimum absolute atomic E-state index is 0.141. The highest BCUT2D eigenvalue weighted by Gasteiger charge is 2.22. The van der Waals surface area contributed by atoms with Crippen LogP contribution in [0.1, 0.15) is 37.3 Å². The summed E-state index contributed by atoms with van der Waals surface area (Å²) in [7, 11) is 0. The van der Waals surface area contributed by atoms with Crippen LogP contribution in [0.2, 0.25) is 5.02 Å². The summed E-state index contributed by atoms with van der Waals surface area (Å²) in [5, 5.41) is 12.3. The van der Waals surface area contributed by atoms with Gasteiger partial charge in [0.05, 0.1) is 12.5 Å². The number of rotatable bonds is 6. The van der Waals surface area contributed by atoms with E-state index < -0.39 is 12.0 Å². The summed E-state index contributed by atoms with van der Waals surface area (Å²) in [6.07, 6.45) is 6.29. The number of carbonyl (C=O) groups is 2. The number of hydrogen-bond acceptors (Lipinski definition) is 2. The van der Waals surface area contributed by atoms with E-state index in [1.165, 1.54) is 0 Å². The molecule has 1 amide bonds. The molecule has 0 fully saturated rings. The molecule has 0 aromatic heterocycles. The van der Waals surface area contributed by atoms with Crippen molar-refractivity contribution in [1.29, 1.82) is 0 Å². The minimum Gasteiger partial charge on any atom is -0.481 e. The van der Waals surface area contributed by atoms with Crippen molar-refractivity contribution in [2.24, 2.45) is 5.92 Å². The average Bonchev–Trinajstić information content (AvgIpc) is 2.90. The molecule has 21 heavy (non-hydrogen) atoms. The van der Waals surface area contributed by atoms with Gasteiger partial charge in [0.25, 0.3) is 0 Å². The first kappa shape index (κ1) is 15.6. The van der Waals surface area contributed by atoms with Crippen molar-refractivity contribution in [3.63, 3.8) is 0 Å². The molecular weight excluding hydrogens is 290 g/mol. The Morgan fingerprint density at radius 2 is 2.14 bits per heavy atom. The monoisotopic (exact) mass is 307 g/mol. The van der Waals surface area contributed by atoms with E-state index in [2.05, 4.69) is 11.4 Å². The van der Waals surface area contributed by atoms with Crippen LogP contribution >= 0.6 is 11.6 Å². The van der Waals surface area contributed by atoms with E-state index >= 15 is 0 Å². The number of halogens is 1. The summed E-state index contributed by atoms with van der Waals surface area (Å²) in [6.45, 7) is 0. The Balaban J connectivity index is 2.05. The fourth-order valence-corrected chi connectivity index (χ4v) is 2.80. The number of allylic oxidation sites excluding steroid dienone is 2. The fourth-order valence-electron chi connectivity index (χ4n) is 2.53. The number of amides is 1. The van der Waals surface area contributed by atoms with Crippen LogP contribution in [-0.2, 0) is 9.59 Å². The van der Waals surface area contributed by atoms with E-state index in [0.717, 1.165) is 12.8 Å². The molecule has 1 aromatic carbocycles. The smallest absolute Gasteiger partial charge is 0.305 e. The van der Waals surface area contributed by atoms with Gasteiger partial charge in [-0.05, 0) is 30.4 Å². The second-order valence-electron chi connectivity index (χ2n) is 5.21. The number of carbonyl (C=O) groups excluding carboxylic acids is 1. The third-order valence-corrected chi connectivity index (χ3v) is 3.90. The van der Waals surface area contributed by atoms with Crippen LogP contribution in [0, 0.1) is 5.92 Å². The SMILES string of the molecule is O=C(O)C[C@H](NC(=O)C[C@H]1C=CCC1)c1ccccc1Cl. The second-order valence-corrected chi connectivity index (χ2v) is 5.62. The van der Waals surface area contributed by atoms with Gasteiger partial charge >= 0.3 is 5.97 Å². The van der Waals surface area contributed by atoms with Crippen LogP contribution in [0.25, 0.3) is 0 Å². The molecule has 0 saturated heterocycles. The highest BCUT2D eigenvalue weighted by molar-refractivity contribution is 6.31. The van der Waals surface area contributed by atoms with Gasteiger partial charge in [-0.15, -0.1) is 0 Å². The first-order valence-electron chi connectivity index (χ1n) is 6.98. The maximum atomic E-state index is 12.1. The zero-order valence-corrected chi connectivity index (χ0v) is 12.3. The quantitative estimate of drug-likeness (QED) is 0.792. The van der Waals surface area contributed by atoms with Crippen molar-refractivity contribution in [2.75, 3.05) is 0 Å². The molecule has 0 bridgehead atoms. The maximum Gasteiger partial charge on any atom is 0.305 e. The fraction of sp³-hybridized carbons (Fsp3) is 0.375. The van der Waals surface area contributed by atoms with Gasteiger partial charge in [-0.2, -0.15) is 0 Å². The van der Waals surface area contributed by atoms with E-state index in [1.54, 1.807) is 24.3 Å². The molecular formula is C16H18ClNO3. The summed E-state index contributed by atoms with van der Waals surface area (Å²) in [5.41, 5.74) is 0.636. The molecule has 0 radical (unpaired) electrons. The molecule has 4 nitrogen and oxygen atoms in total. The van der Waals surface area contributed by atoms with Gasteiger partial charge in [0.1, 0.15) is 0 Å². The van der Waals surface area contributed by atoms with E-state index in [9.17, 15) is 9.59 Å². The Hall–Kier alpha value is -1.81. The van der Waals surface area contributed by atoms with Gasteiger partial charge in [-0.1, -0.05) is 42.0 Å². The van der Waals surface area contributed by atoms with E-state index in [4.69, 9.17) is 16.7 Å². The largest absolute Gasteiger partial charge is 0.481 e. The number of hydrogen-bond donors (Lipinski definition) is 2. The molecule has 2 N–H and O–H groups in total. The first-order chi connectivity index (χ1) is 10.1. The minimum atomic E-state index is -0.971. The lowest BCUT2D eigenvalue weighted by Gasteiger charge is -2.19. The highest BCUT2D eigenvalue weighted by Crippen LogP contribution is 2.26.